The van der Waals surface area contributed by atoms with E-state index in [0.717, 1.165) is 34.2 Å². The van der Waals surface area contributed by atoms with E-state index in [4.69, 9.17) is 4.42 Å². The molecule has 2 atom stereocenters. The lowest BCUT2D eigenvalue weighted by atomic mass is 9.97. The van der Waals surface area contributed by atoms with Crippen LogP contribution in [-0.4, -0.2) is 38.3 Å². The minimum absolute atomic E-state index is 0.0409. The molecule has 4 N–H and O–H groups in total. The highest BCUT2D eigenvalue weighted by molar-refractivity contribution is 5.92. The number of amides is 1. The van der Waals surface area contributed by atoms with E-state index >= 15 is 0 Å². The lowest BCUT2D eigenvalue weighted by Crippen LogP contribution is -2.40. The van der Waals surface area contributed by atoms with Gasteiger partial charge in [-0.05, 0) is 40.3 Å². The molecule has 2 unspecified atom stereocenters. The number of aliphatic hydroxyl groups excluding tert-OH is 1. The molecule has 0 fully saturated rings. The van der Waals surface area contributed by atoms with Crippen LogP contribution in [-0.2, 0) is 17.6 Å². The summed E-state index contributed by atoms with van der Waals surface area (Å²) < 4.78 is 10.7. The molecule has 0 saturated heterocycles. The van der Waals surface area contributed by atoms with Crippen molar-refractivity contribution < 1.29 is 28.7 Å². The molecule has 5 aromatic rings. The number of aliphatic carboxylic acids is 1. The summed E-state index contributed by atoms with van der Waals surface area (Å²) in [6.45, 7) is 2.03. The third-order valence-corrected chi connectivity index (χ3v) is 6.91. The third kappa shape index (κ3) is 6.24. The van der Waals surface area contributed by atoms with E-state index in [1.54, 1.807) is 36.4 Å². The van der Waals surface area contributed by atoms with E-state index in [0.29, 0.717) is 30.0 Å². The summed E-state index contributed by atoms with van der Waals surface area (Å²) in [5, 5.41) is 26.1. The molecular weight excluding hydrogens is 538 g/mol. The zero-order valence-electron chi connectivity index (χ0n) is 22.7. The highest BCUT2D eigenvalue weighted by Crippen LogP contribution is 2.30. The number of carboxylic acid groups (broad SMARTS) is 1. The highest BCUT2D eigenvalue weighted by atomic mass is 16.5. The van der Waals surface area contributed by atoms with Gasteiger partial charge in [-0.1, -0.05) is 97.4 Å². The van der Waals surface area contributed by atoms with E-state index in [1.165, 1.54) is 0 Å². The van der Waals surface area contributed by atoms with Crippen molar-refractivity contribution in [3.05, 3.63) is 124 Å². The summed E-state index contributed by atoms with van der Waals surface area (Å²) in [6, 6.07) is 24.3. The van der Waals surface area contributed by atoms with E-state index < -0.39 is 29.8 Å². The molecule has 2 aromatic heterocycles. The number of hydrogen-bond acceptors (Lipinski definition) is 7. The predicted octanol–water partition coefficient (Wildman–Crippen LogP) is 4.75. The van der Waals surface area contributed by atoms with Gasteiger partial charge < -0.3 is 19.9 Å². The highest BCUT2D eigenvalue weighted by Gasteiger charge is 2.30. The molecule has 0 aliphatic heterocycles. The van der Waals surface area contributed by atoms with Crippen molar-refractivity contribution in [1.82, 2.24) is 15.5 Å². The van der Waals surface area contributed by atoms with Crippen molar-refractivity contribution in [3.8, 4) is 22.5 Å². The van der Waals surface area contributed by atoms with Crippen molar-refractivity contribution in [3.63, 3.8) is 0 Å². The monoisotopic (exact) mass is 567 g/mol. The summed E-state index contributed by atoms with van der Waals surface area (Å²) in [5.41, 5.74) is 4.79. The molecule has 0 spiro atoms. The molecular formula is C32H29N3O7. The van der Waals surface area contributed by atoms with Crippen LogP contribution in [0.4, 0.5) is 0 Å². The molecule has 5 rings (SSSR count). The van der Waals surface area contributed by atoms with Gasteiger partial charge in [-0.3, -0.25) is 14.3 Å². The largest absolute Gasteiger partial charge is 0.479 e. The standard InChI is InChI=1S/C32H29N3O7/c1-2-8-22-18-26(30(37)33-27(28(36)31(38)39)21-9-4-3-5-10-21)41-25(22)17-19-13-15-20(16-14-19)23-11-6-7-12-24(23)29-34-32(40)42-35-29/h3-7,9-16,18,27-28,36H,2,8,17H2,1H3,(H,33,37)(H,38,39)(H,34,35,40). The Morgan fingerprint density at radius 2 is 1.67 bits per heavy atom. The molecule has 3 aromatic carbocycles. The Kier molecular flexibility index (Phi) is 8.44. The van der Waals surface area contributed by atoms with Gasteiger partial charge in [0.15, 0.2) is 17.7 Å². The van der Waals surface area contributed by atoms with Crippen LogP contribution in [0.1, 0.15) is 52.4 Å². The van der Waals surface area contributed by atoms with Gasteiger partial charge in [0, 0.05) is 12.0 Å². The molecule has 1 amide bonds. The second-order valence-electron chi connectivity index (χ2n) is 9.82. The Bertz CT molecular complexity index is 1740. The Hall–Kier alpha value is -5.22. The van der Waals surface area contributed by atoms with Gasteiger partial charge in [-0.15, -0.1) is 0 Å². The zero-order valence-corrected chi connectivity index (χ0v) is 22.7. The third-order valence-electron chi connectivity index (χ3n) is 6.91. The Labute approximate surface area is 240 Å². The summed E-state index contributed by atoms with van der Waals surface area (Å²) in [7, 11) is 0. The zero-order chi connectivity index (χ0) is 29.6. The van der Waals surface area contributed by atoms with E-state index in [1.807, 2.05) is 55.5 Å². The van der Waals surface area contributed by atoms with Gasteiger partial charge in [0.05, 0.1) is 6.04 Å². The Balaban J connectivity index is 1.37. The summed E-state index contributed by atoms with van der Waals surface area (Å²) in [6.07, 6.45) is 0.112. The number of nitrogens with zero attached hydrogens (tertiary/aromatic N) is 1. The van der Waals surface area contributed by atoms with Gasteiger partial charge in [-0.25, -0.2) is 9.59 Å². The van der Waals surface area contributed by atoms with Crippen LogP contribution in [0.5, 0.6) is 0 Å². The maximum Gasteiger partial charge on any atom is 0.439 e. The summed E-state index contributed by atoms with van der Waals surface area (Å²) in [4.78, 5) is 38.8. The minimum atomic E-state index is -1.84. The van der Waals surface area contributed by atoms with Crippen LogP contribution in [0, 0.1) is 0 Å². The average molecular weight is 568 g/mol. The van der Waals surface area contributed by atoms with E-state index in [2.05, 4.69) is 20.0 Å². The predicted molar refractivity (Wildman–Crippen MR) is 154 cm³/mol. The van der Waals surface area contributed by atoms with Crippen LogP contribution in [0.25, 0.3) is 22.5 Å². The van der Waals surface area contributed by atoms with Gasteiger partial charge in [0.2, 0.25) is 0 Å². The number of furan rings is 1. The first-order chi connectivity index (χ1) is 20.3. The SMILES string of the molecule is CCCc1cc(C(=O)NC(c2ccccc2)C(O)C(=O)O)oc1Cc1ccc(-c2ccccc2-c2noc(=O)[nH]2)cc1. The maximum absolute atomic E-state index is 13.2. The van der Waals surface area contributed by atoms with Gasteiger partial charge in [0.25, 0.3) is 5.91 Å². The molecule has 10 nitrogen and oxygen atoms in total. The first kappa shape index (κ1) is 28.3. The molecule has 0 saturated carbocycles. The van der Waals surface area contributed by atoms with Gasteiger partial charge >= 0.3 is 11.7 Å². The van der Waals surface area contributed by atoms with Crippen LogP contribution in [0.15, 0.2) is 98.7 Å². The number of carbonyl (C=O) groups excluding carboxylic acids is 1. The number of nitrogens with one attached hydrogen (secondary N) is 2. The fourth-order valence-corrected chi connectivity index (χ4v) is 4.84. The summed E-state index contributed by atoms with van der Waals surface area (Å²) in [5.74, 6) is -1.68. The average Bonchev–Trinajstić information content (AvgIpc) is 3.62. The van der Waals surface area contributed by atoms with Crippen LogP contribution in [0.3, 0.4) is 0 Å². The second kappa shape index (κ2) is 12.5. The van der Waals surface area contributed by atoms with Crippen molar-refractivity contribution in [2.24, 2.45) is 0 Å². The number of hydrogen-bond donors (Lipinski definition) is 4. The Morgan fingerprint density at radius 3 is 2.31 bits per heavy atom. The fourth-order valence-electron chi connectivity index (χ4n) is 4.84. The van der Waals surface area contributed by atoms with Gasteiger partial charge in [0.1, 0.15) is 5.76 Å². The van der Waals surface area contributed by atoms with Crippen LogP contribution >= 0.6 is 0 Å². The van der Waals surface area contributed by atoms with E-state index in [-0.39, 0.29) is 5.76 Å². The Morgan fingerprint density at radius 1 is 0.976 bits per heavy atom. The number of aromatic nitrogens is 2. The number of aromatic amines is 1. The first-order valence-electron chi connectivity index (χ1n) is 13.5. The number of rotatable bonds is 11. The number of H-pyrrole nitrogens is 1. The molecule has 42 heavy (non-hydrogen) atoms. The maximum atomic E-state index is 13.2. The normalized spacial score (nSPS) is 12.5. The number of carbonyl (C=O) groups is 2. The molecule has 0 bridgehead atoms. The first-order valence-corrected chi connectivity index (χ1v) is 13.5. The van der Waals surface area contributed by atoms with Crippen molar-refractivity contribution in [1.29, 1.82) is 0 Å². The quantitative estimate of drug-likeness (QED) is 0.178. The molecule has 214 valence electrons. The van der Waals surface area contributed by atoms with Crippen molar-refractivity contribution >= 4 is 11.9 Å². The lowest BCUT2D eigenvalue weighted by Gasteiger charge is -2.21. The second-order valence-corrected chi connectivity index (χ2v) is 9.82. The fraction of sp³-hybridized carbons (Fsp3) is 0.188. The van der Waals surface area contributed by atoms with E-state index in [9.17, 15) is 24.6 Å². The number of benzene rings is 3. The number of aliphatic hydroxyl groups is 1. The summed E-state index contributed by atoms with van der Waals surface area (Å²) >= 11 is 0. The lowest BCUT2D eigenvalue weighted by molar-refractivity contribution is -0.148. The smallest absolute Gasteiger partial charge is 0.439 e. The van der Waals surface area contributed by atoms with Crippen molar-refractivity contribution in [2.75, 3.05) is 0 Å². The molecule has 10 heteroatoms. The van der Waals surface area contributed by atoms with Crippen molar-refractivity contribution in [2.45, 2.75) is 38.3 Å². The van der Waals surface area contributed by atoms with Gasteiger partial charge in [-0.2, -0.15) is 0 Å². The molecule has 0 aliphatic rings. The number of aryl methyl sites for hydroxylation is 1. The van der Waals surface area contributed by atoms with Crippen LogP contribution < -0.4 is 11.1 Å². The molecule has 0 radical (unpaired) electrons. The molecule has 2 heterocycles. The minimum Gasteiger partial charge on any atom is -0.479 e. The number of carboxylic acids is 1. The topological polar surface area (TPSA) is 159 Å². The molecule has 0 aliphatic carbocycles. The van der Waals surface area contributed by atoms with Crippen LogP contribution in [0.2, 0.25) is 0 Å².